The molecule has 64 heavy (non-hydrogen) atoms. The minimum atomic E-state index is -5.25. The van der Waals surface area contributed by atoms with Gasteiger partial charge in [-0.15, -0.1) is 14.6 Å². The monoisotopic (exact) mass is 1020 g/mol. The Morgan fingerprint density at radius 1 is 0.719 bits per heavy atom. The Labute approximate surface area is 369 Å². The highest BCUT2D eigenvalue weighted by molar-refractivity contribution is 7.94. The minimum Gasteiger partial charge on any atom is -0.505 e. The quantitative estimate of drug-likeness (QED) is 0.0191. The number of aromatic nitrogens is 3. The van der Waals surface area contributed by atoms with E-state index in [1.807, 2.05) is 0 Å². The number of hydrogen-bond donors (Lipinski definition) is 8. The highest BCUT2D eigenvalue weighted by atomic mass is 35.5. The maximum atomic E-state index is 12.6. The molecule has 0 aliphatic carbocycles. The van der Waals surface area contributed by atoms with Crippen molar-refractivity contribution in [2.45, 2.75) is 24.5 Å². The summed E-state index contributed by atoms with van der Waals surface area (Å²) in [6, 6.07) is 12.6. The van der Waals surface area contributed by atoms with Crippen LogP contribution in [0.5, 0.6) is 5.75 Å². The van der Waals surface area contributed by atoms with Gasteiger partial charge >= 0.3 is 10.4 Å². The second kappa shape index (κ2) is 18.3. The molecule has 1 heterocycles. The first-order valence-corrected chi connectivity index (χ1v) is 25.0. The van der Waals surface area contributed by atoms with E-state index in [1.54, 1.807) is 0 Å². The zero-order valence-electron chi connectivity index (χ0n) is 30.9. The van der Waals surface area contributed by atoms with Crippen LogP contribution in [0.25, 0.3) is 21.5 Å². The molecule has 0 saturated carbocycles. The Bertz CT molecular complexity index is 3460. The molecule has 0 aliphatic heterocycles. The van der Waals surface area contributed by atoms with Gasteiger partial charge in [-0.05, 0) is 71.6 Å². The van der Waals surface area contributed by atoms with Crippen molar-refractivity contribution in [3.05, 3.63) is 78.1 Å². The van der Waals surface area contributed by atoms with Gasteiger partial charge in [0.25, 0.3) is 30.4 Å². The lowest BCUT2D eigenvalue weighted by molar-refractivity contribution is -0.432. The van der Waals surface area contributed by atoms with E-state index in [9.17, 15) is 60.9 Å². The zero-order chi connectivity index (χ0) is 47.0. The number of phenols is 1. The zero-order valence-corrected chi connectivity index (χ0v) is 36.6. The molecule has 5 aromatic carbocycles. The van der Waals surface area contributed by atoms with Crippen LogP contribution >= 0.6 is 23.6 Å². The van der Waals surface area contributed by atoms with E-state index in [2.05, 4.69) is 49.4 Å². The molecule has 1 aromatic heterocycles. The van der Waals surface area contributed by atoms with Crippen LogP contribution in [0.1, 0.15) is 0 Å². The molecule has 6 aromatic rings. The van der Waals surface area contributed by atoms with E-state index in [-0.39, 0.29) is 49.6 Å². The molecule has 0 amide bonds. The molecule has 0 aliphatic rings. The third-order valence-corrected chi connectivity index (χ3v) is 13.9. The summed E-state index contributed by atoms with van der Waals surface area (Å²) in [5.74, 6) is -2.46. The van der Waals surface area contributed by atoms with Crippen molar-refractivity contribution in [2.75, 3.05) is 23.0 Å². The van der Waals surface area contributed by atoms with Crippen molar-refractivity contribution < 1.29 is 84.2 Å². The van der Waals surface area contributed by atoms with Crippen LogP contribution in [-0.2, 0) is 64.1 Å². The second-order valence-corrected chi connectivity index (χ2v) is 20.8. The Morgan fingerprint density at radius 3 is 2.00 bits per heavy atom. The number of rotatable bonds is 17. The maximum absolute atomic E-state index is 12.6. The fourth-order valence-corrected chi connectivity index (χ4v) is 9.93. The highest BCUT2D eigenvalue weighted by Crippen LogP contribution is 2.48. The lowest BCUT2D eigenvalue weighted by atomic mass is 10.1. The maximum Gasteiger partial charge on any atom is 0.397 e. The summed E-state index contributed by atoms with van der Waals surface area (Å²) >= 11 is 6.30. The van der Waals surface area contributed by atoms with E-state index in [4.69, 9.17) is 21.4 Å². The Kier molecular flexibility index (Phi) is 13.8. The van der Waals surface area contributed by atoms with Gasteiger partial charge < -0.3 is 15.7 Å². The first-order valence-electron chi connectivity index (χ1n) is 16.5. The van der Waals surface area contributed by atoms with E-state index in [1.165, 1.54) is 12.1 Å². The van der Waals surface area contributed by atoms with E-state index < -0.39 is 117 Å². The van der Waals surface area contributed by atoms with Gasteiger partial charge in [-0.3, -0.25) is 18.2 Å². The molecule has 8 N–H and O–H groups in total. The Morgan fingerprint density at radius 2 is 1.39 bits per heavy atom. The van der Waals surface area contributed by atoms with Crippen LogP contribution in [0.4, 0.5) is 34.6 Å². The fourth-order valence-electron chi connectivity index (χ4n) is 5.71. The summed E-state index contributed by atoms with van der Waals surface area (Å²) in [7, 11) is -24.1. The Balaban J connectivity index is 1.43. The topological polar surface area (TPSA) is 407 Å². The SMILES string of the molecule is O=S(=O)(O)OCCS(=O)(=O)c1ccc(Nc2nc(Cl)nc(Nc3cc(S(=O)(=O)O)cc4cc(SOOO)c(N=Nc5ccc6c(S(=O)(=O)O)cccc6c5S(=O)(=O)O)c(O)c34)n2)cc1. The largest absolute Gasteiger partial charge is 0.505 e. The number of nitrogens with zero attached hydrogens (tertiary/aromatic N) is 5. The molecule has 6 rings (SSSR count). The third kappa shape index (κ3) is 11.3. The lowest BCUT2D eigenvalue weighted by Gasteiger charge is -2.15. The molecule has 33 heteroatoms. The minimum absolute atomic E-state index is 0.153. The van der Waals surface area contributed by atoms with Crippen molar-refractivity contribution >= 4 is 130 Å². The van der Waals surface area contributed by atoms with Gasteiger partial charge in [-0.1, -0.05) is 23.2 Å². The van der Waals surface area contributed by atoms with Crippen molar-refractivity contribution in [1.29, 1.82) is 0 Å². The number of halogens is 1. The third-order valence-electron chi connectivity index (χ3n) is 8.23. The van der Waals surface area contributed by atoms with Gasteiger partial charge in [-0.2, -0.15) is 48.6 Å². The first-order chi connectivity index (χ1) is 29.7. The summed E-state index contributed by atoms with van der Waals surface area (Å²) in [5, 5.41) is 35.6. The van der Waals surface area contributed by atoms with Gasteiger partial charge in [0.1, 0.15) is 21.2 Å². The van der Waals surface area contributed by atoms with Crippen molar-refractivity contribution in [1.82, 2.24) is 15.0 Å². The number of phenolic OH excluding ortho intramolecular Hbond substituents is 1. The van der Waals surface area contributed by atoms with Crippen molar-refractivity contribution in [3.63, 3.8) is 0 Å². The predicted molar refractivity (Wildman–Crippen MR) is 221 cm³/mol. The number of anilines is 4. The fraction of sp³-hybridized carbons (Fsp3) is 0.0645. The molecule has 340 valence electrons. The summed E-state index contributed by atoms with van der Waals surface area (Å²) in [6.07, 6.45) is 0. The van der Waals surface area contributed by atoms with Gasteiger partial charge in [0, 0.05) is 21.8 Å². The molecular formula is C31H24ClN7O19S6. The highest BCUT2D eigenvalue weighted by Gasteiger charge is 2.26. The predicted octanol–water partition coefficient (Wildman–Crippen LogP) is 5.20. The molecule has 0 saturated heterocycles. The molecule has 0 spiro atoms. The van der Waals surface area contributed by atoms with Crippen LogP contribution in [0.15, 0.2) is 108 Å². The number of sulfone groups is 1. The van der Waals surface area contributed by atoms with Gasteiger partial charge in [0.05, 0.1) is 44.8 Å². The Hall–Kier alpha value is -5.30. The second-order valence-electron chi connectivity index (χ2n) is 12.4. The summed E-state index contributed by atoms with van der Waals surface area (Å²) < 4.78 is 168. The van der Waals surface area contributed by atoms with Crippen LogP contribution in [0.2, 0.25) is 5.28 Å². The van der Waals surface area contributed by atoms with Crippen LogP contribution in [0.3, 0.4) is 0 Å². The van der Waals surface area contributed by atoms with Gasteiger partial charge in [0.2, 0.25) is 17.2 Å². The number of aromatic hydroxyl groups is 1. The molecule has 0 atom stereocenters. The van der Waals surface area contributed by atoms with Crippen LogP contribution in [0, 0.1) is 0 Å². The van der Waals surface area contributed by atoms with Crippen LogP contribution < -0.4 is 10.6 Å². The summed E-state index contributed by atoms with van der Waals surface area (Å²) in [6.45, 7) is -0.868. The molecule has 0 fully saturated rings. The molecule has 0 radical (unpaired) electrons. The van der Waals surface area contributed by atoms with E-state index in [0.29, 0.717) is 0 Å². The number of benzene rings is 5. The normalized spacial score (nSPS) is 12.9. The first kappa shape index (κ1) is 48.2. The number of nitrogens with one attached hydrogen (secondary N) is 2. The van der Waals surface area contributed by atoms with E-state index >= 15 is 0 Å². The smallest absolute Gasteiger partial charge is 0.397 e. The standard InChI is InChI=1S/C31H24ClN7O19S6/c32-29-35-30(33-16-4-6-17(7-5-16)60(42,43)11-10-56-64(53,54)55)37-31(36-29)34-22-14-18(61(44,45)46)12-15-13-23(59-58-57-41)26(27(40)25(15)22)39-38-21-9-8-19-20(28(21)63(50,51)52)2-1-3-24(19)62(47,48)49/h1-9,12-14,40-41H,10-11H2,(H,44,45,46)(H,47,48,49)(H,50,51,52)(H,53,54,55)(H2,33,34,35,36,37). The summed E-state index contributed by atoms with van der Waals surface area (Å²) in [4.78, 5) is 8.92. The molecule has 0 bridgehead atoms. The van der Waals surface area contributed by atoms with Crippen LogP contribution in [-0.4, -0.2) is 98.0 Å². The molecule has 26 nitrogen and oxygen atoms in total. The summed E-state index contributed by atoms with van der Waals surface area (Å²) in [5.41, 5.74) is -1.48. The van der Waals surface area contributed by atoms with Gasteiger partial charge in [-0.25, -0.2) is 17.9 Å². The number of azo groups is 1. The molecular weight excluding hydrogens is 1000 g/mol. The van der Waals surface area contributed by atoms with E-state index in [0.717, 1.165) is 60.7 Å². The molecule has 0 unspecified atom stereocenters. The average molecular weight is 1030 g/mol. The number of fused-ring (bicyclic) bond motifs is 2. The van der Waals surface area contributed by atoms with Crippen molar-refractivity contribution in [2.24, 2.45) is 10.2 Å². The van der Waals surface area contributed by atoms with Gasteiger partial charge in [0.15, 0.2) is 15.6 Å². The lowest BCUT2D eigenvalue weighted by Crippen LogP contribution is -2.15. The number of hydrogen-bond acceptors (Lipinski definition) is 23. The van der Waals surface area contributed by atoms with Crippen molar-refractivity contribution in [3.8, 4) is 5.75 Å². The average Bonchev–Trinajstić information content (AvgIpc) is 3.17.